The second-order valence-corrected chi connectivity index (χ2v) is 9.57. The van der Waals surface area contributed by atoms with E-state index in [2.05, 4.69) is 44.7 Å². The van der Waals surface area contributed by atoms with Crippen LogP contribution in [0.5, 0.6) is 0 Å². The SMILES string of the molecule is CC(C)CN1C=C(C(=O)CCC(=O)OCCCc2ccccccccc2)C(C)(C)CC1. The third-order valence-corrected chi connectivity index (χ3v) is 5.68. The van der Waals surface area contributed by atoms with Crippen LogP contribution in [-0.2, 0) is 20.7 Å². The van der Waals surface area contributed by atoms with E-state index in [9.17, 15) is 9.59 Å². The highest BCUT2D eigenvalue weighted by atomic mass is 16.5. The minimum Gasteiger partial charge on any atom is -0.466 e. The Kier molecular flexibility index (Phi) is 10.5. The van der Waals surface area contributed by atoms with Gasteiger partial charge in [-0.2, -0.15) is 0 Å². The summed E-state index contributed by atoms with van der Waals surface area (Å²) in [6, 6.07) is 18.1. The van der Waals surface area contributed by atoms with Crippen molar-refractivity contribution in [3.8, 4) is 0 Å². The molecule has 0 bridgehead atoms. The van der Waals surface area contributed by atoms with Crippen molar-refractivity contribution in [3.05, 3.63) is 71.9 Å². The summed E-state index contributed by atoms with van der Waals surface area (Å²) in [6.45, 7) is 10.9. The molecule has 0 N–H and O–H groups in total. The van der Waals surface area contributed by atoms with Gasteiger partial charge in [-0.3, -0.25) is 9.59 Å². The van der Waals surface area contributed by atoms with Crippen molar-refractivity contribution >= 4 is 11.8 Å². The zero-order valence-electron chi connectivity index (χ0n) is 20.2. The van der Waals surface area contributed by atoms with Crippen LogP contribution in [0, 0.1) is 11.3 Å². The summed E-state index contributed by atoms with van der Waals surface area (Å²) in [6.07, 6.45) is 4.91. The van der Waals surface area contributed by atoms with Crippen molar-refractivity contribution < 1.29 is 14.3 Å². The molecule has 0 radical (unpaired) electrons. The van der Waals surface area contributed by atoms with E-state index in [0.29, 0.717) is 12.5 Å². The van der Waals surface area contributed by atoms with Crippen LogP contribution in [0.2, 0.25) is 0 Å². The van der Waals surface area contributed by atoms with Crippen LogP contribution in [0.1, 0.15) is 58.9 Å². The summed E-state index contributed by atoms with van der Waals surface area (Å²) in [7, 11) is 0. The number of ketones is 1. The lowest BCUT2D eigenvalue weighted by atomic mass is 9.76. The number of allylic oxidation sites excluding steroid dienone is 1. The van der Waals surface area contributed by atoms with Gasteiger partial charge in [0.25, 0.3) is 0 Å². The van der Waals surface area contributed by atoms with Gasteiger partial charge in [0.2, 0.25) is 0 Å². The van der Waals surface area contributed by atoms with Crippen LogP contribution in [0.15, 0.2) is 66.4 Å². The smallest absolute Gasteiger partial charge is 0.306 e. The third kappa shape index (κ3) is 9.25. The molecule has 1 aliphatic rings. The lowest BCUT2D eigenvalue weighted by Crippen LogP contribution is -2.36. The fourth-order valence-electron chi connectivity index (χ4n) is 3.83. The maximum absolute atomic E-state index is 12.9. The molecule has 0 saturated heterocycles. The zero-order valence-corrected chi connectivity index (χ0v) is 20.2. The lowest BCUT2D eigenvalue weighted by molar-refractivity contribution is -0.144. The van der Waals surface area contributed by atoms with Gasteiger partial charge < -0.3 is 9.64 Å². The van der Waals surface area contributed by atoms with Crippen molar-refractivity contribution in [2.75, 3.05) is 19.7 Å². The van der Waals surface area contributed by atoms with Gasteiger partial charge in [-0.25, -0.2) is 0 Å². The molecule has 1 aromatic carbocycles. The Morgan fingerprint density at radius 2 is 1.62 bits per heavy atom. The highest BCUT2D eigenvalue weighted by molar-refractivity contribution is 5.98. The Bertz CT molecular complexity index is 815. The van der Waals surface area contributed by atoms with Gasteiger partial charge in [0.05, 0.1) is 13.0 Å². The van der Waals surface area contributed by atoms with E-state index in [1.54, 1.807) is 0 Å². The largest absolute Gasteiger partial charge is 0.466 e. The molecule has 0 unspecified atom stereocenters. The molecule has 2 rings (SSSR count). The second kappa shape index (κ2) is 13.0. The molecule has 0 saturated carbocycles. The normalized spacial score (nSPS) is 15.0. The fourth-order valence-corrected chi connectivity index (χ4v) is 3.83. The molecular weight excluding hydrogens is 398 g/mol. The van der Waals surface area contributed by atoms with Crippen LogP contribution in [0.3, 0.4) is 0 Å². The quantitative estimate of drug-likeness (QED) is 0.337. The van der Waals surface area contributed by atoms with Crippen LogP contribution in [-0.4, -0.2) is 36.3 Å². The van der Waals surface area contributed by atoms with Crippen LogP contribution >= 0.6 is 0 Å². The van der Waals surface area contributed by atoms with Gasteiger partial charge in [-0.05, 0) is 36.2 Å². The number of ether oxygens (including phenoxy) is 1. The number of Topliss-reactive ketones (excluding diaryl/α,β-unsaturated/α-hetero) is 1. The van der Waals surface area contributed by atoms with Gasteiger partial charge in [0.15, 0.2) is 5.78 Å². The summed E-state index contributed by atoms with van der Waals surface area (Å²) >= 11 is 0. The highest BCUT2D eigenvalue weighted by Gasteiger charge is 2.32. The van der Waals surface area contributed by atoms with Gasteiger partial charge >= 0.3 is 5.97 Å². The van der Waals surface area contributed by atoms with Gasteiger partial charge in [0.1, 0.15) is 0 Å². The molecule has 4 heteroatoms. The Balaban J connectivity index is 1.79. The summed E-state index contributed by atoms with van der Waals surface area (Å²) < 4.78 is 5.38. The first-order valence-electron chi connectivity index (χ1n) is 11.8. The molecule has 1 aliphatic heterocycles. The molecule has 0 aliphatic carbocycles. The summed E-state index contributed by atoms with van der Waals surface area (Å²) in [5, 5.41) is 0. The first-order chi connectivity index (χ1) is 15.3. The molecular formula is C28H39NO3. The van der Waals surface area contributed by atoms with Crippen LogP contribution in [0.25, 0.3) is 0 Å². The standard InChI is InChI=1S/C28H39NO3/c1-23(2)21-29-19-18-28(3,4)25(22-29)26(30)16-17-27(31)32-20-12-15-24-13-10-8-6-5-7-9-11-14-24/h5-11,13-14,22-23H,12,15-21H2,1-4H3. The molecule has 32 heavy (non-hydrogen) atoms. The molecule has 1 aromatic rings. The van der Waals surface area contributed by atoms with Crippen molar-refractivity contribution in [1.29, 1.82) is 0 Å². The molecule has 174 valence electrons. The highest BCUT2D eigenvalue weighted by Crippen LogP contribution is 2.36. The van der Waals surface area contributed by atoms with E-state index in [-0.39, 0.29) is 30.0 Å². The van der Waals surface area contributed by atoms with E-state index in [1.165, 1.54) is 5.56 Å². The van der Waals surface area contributed by atoms with E-state index in [0.717, 1.165) is 37.9 Å². The van der Waals surface area contributed by atoms with E-state index in [4.69, 9.17) is 4.74 Å². The Morgan fingerprint density at radius 1 is 1.00 bits per heavy atom. The number of hydrogen-bond acceptors (Lipinski definition) is 4. The lowest BCUT2D eigenvalue weighted by Gasteiger charge is -2.37. The van der Waals surface area contributed by atoms with Crippen molar-refractivity contribution in [2.45, 2.75) is 59.8 Å². The second-order valence-electron chi connectivity index (χ2n) is 9.57. The number of rotatable bonds is 10. The van der Waals surface area contributed by atoms with Crippen molar-refractivity contribution in [3.63, 3.8) is 0 Å². The summed E-state index contributed by atoms with van der Waals surface area (Å²) in [5.41, 5.74) is 1.87. The summed E-state index contributed by atoms with van der Waals surface area (Å²) in [4.78, 5) is 27.3. The van der Waals surface area contributed by atoms with Crippen molar-refractivity contribution in [2.24, 2.45) is 11.3 Å². The maximum atomic E-state index is 12.9. The number of carbonyl (C=O) groups is 2. The number of esters is 1. The molecule has 0 aromatic heterocycles. The number of carbonyl (C=O) groups excluding carboxylic acids is 2. The Morgan fingerprint density at radius 3 is 2.25 bits per heavy atom. The summed E-state index contributed by atoms with van der Waals surface area (Å²) in [5.74, 6) is 0.312. The number of hydrogen-bond donors (Lipinski definition) is 0. The molecule has 0 atom stereocenters. The predicted octanol–water partition coefficient (Wildman–Crippen LogP) is 5.91. The van der Waals surface area contributed by atoms with Gasteiger partial charge in [-0.15, -0.1) is 0 Å². The average Bonchev–Trinajstić information content (AvgIpc) is 2.74. The number of nitrogens with zero attached hydrogens (tertiary/aromatic N) is 1. The average molecular weight is 438 g/mol. The van der Waals surface area contributed by atoms with Gasteiger partial charge in [-0.1, -0.05) is 82.3 Å². The van der Waals surface area contributed by atoms with Crippen LogP contribution < -0.4 is 0 Å². The Labute approximate surface area is 194 Å². The van der Waals surface area contributed by atoms with Gasteiger partial charge in [0, 0.05) is 31.3 Å². The molecule has 1 heterocycles. The van der Waals surface area contributed by atoms with Crippen LogP contribution in [0.4, 0.5) is 0 Å². The predicted molar refractivity (Wildman–Crippen MR) is 130 cm³/mol. The van der Waals surface area contributed by atoms with E-state index < -0.39 is 0 Å². The van der Waals surface area contributed by atoms with E-state index >= 15 is 0 Å². The van der Waals surface area contributed by atoms with Crippen molar-refractivity contribution in [1.82, 2.24) is 4.90 Å². The maximum Gasteiger partial charge on any atom is 0.306 e. The molecule has 0 spiro atoms. The fraction of sp³-hybridized carbons (Fsp3) is 0.500. The molecule has 0 fully saturated rings. The zero-order chi connectivity index (χ0) is 23.4. The molecule has 4 nitrogen and oxygen atoms in total. The Hall–Kier alpha value is -2.62. The minimum atomic E-state index is -0.296. The molecule has 0 amide bonds. The van der Waals surface area contributed by atoms with E-state index in [1.807, 2.05) is 48.7 Å². The topological polar surface area (TPSA) is 46.6 Å². The minimum absolute atomic E-state index is 0.0612. The number of aryl methyl sites for hydroxylation is 1. The monoisotopic (exact) mass is 437 g/mol. The third-order valence-electron chi connectivity index (χ3n) is 5.68. The first kappa shape index (κ1) is 25.6. The first-order valence-corrected chi connectivity index (χ1v) is 11.8.